The second kappa shape index (κ2) is 8.06. The van der Waals surface area contributed by atoms with Crippen LogP contribution in [0.4, 0.5) is 0 Å². The van der Waals surface area contributed by atoms with E-state index in [9.17, 15) is 0 Å². The van der Waals surface area contributed by atoms with Crippen molar-refractivity contribution in [2.24, 2.45) is 0 Å². The Bertz CT molecular complexity index is 197. The number of rotatable bonds is 6. The van der Waals surface area contributed by atoms with E-state index in [1.165, 1.54) is 19.4 Å². The van der Waals surface area contributed by atoms with Crippen LogP contribution < -0.4 is 5.32 Å². The summed E-state index contributed by atoms with van der Waals surface area (Å²) >= 11 is 0. The van der Waals surface area contributed by atoms with Crippen molar-refractivity contribution < 1.29 is 4.74 Å². The lowest BCUT2D eigenvalue weighted by molar-refractivity contribution is 0.0460. The summed E-state index contributed by atoms with van der Waals surface area (Å²) in [4.78, 5) is 2.60. The largest absolute Gasteiger partial charge is 0.377 e. The van der Waals surface area contributed by atoms with E-state index in [4.69, 9.17) is 4.74 Å². The lowest BCUT2D eigenvalue weighted by Crippen LogP contribution is -2.40. The van der Waals surface area contributed by atoms with Crippen LogP contribution >= 0.6 is 0 Å². The van der Waals surface area contributed by atoms with Crippen LogP contribution in [0.2, 0.25) is 0 Å². The first kappa shape index (κ1) is 14.9. The summed E-state index contributed by atoms with van der Waals surface area (Å²) in [7, 11) is 0. The molecule has 1 aliphatic heterocycles. The van der Waals surface area contributed by atoms with Gasteiger partial charge in [0, 0.05) is 31.8 Å². The summed E-state index contributed by atoms with van der Waals surface area (Å²) in [6.45, 7) is 13.3. The van der Waals surface area contributed by atoms with Gasteiger partial charge in [-0.25, -0.2) is 0 Å². The van der Waals surface area contributed by atoms with Crippen LogP contribution in [-0.2, 0) is 4.74 Å². The zero-order chi connectivity index (χ0) is 12.7. The van der Waals surface area contributed by atoms with Gasteiger partial charge in [0.2, 0.25) is 0 Å². The maximum Gasteiger partial charge on any atom is 0.0699 e. The van der Waals surface area contributed by atoms with Crippen molar-refractivity contribution in [3.63, 3.8) is 0 Å². The van der Waals surface area contributed by atoms with Gasteiger partial charge in [0.15, 0.2) is 0 Å². The maximum atomic E-state index is 5.82. The zero-order valence-corrected chi connectivity index (χ0v) is 12.0. The number of nitrogens with zero attached hydrogens (tertiary/aromatic N) is 1. The summed E-state index contributed by atoms with van der Waals surface area (Å²) in [6, 6.07) is 1.26. The van der Waals surface area contributed by atoms with Crippen LogP contribution in [0.3, 0.4) is 0 Å². The Morgan fingerprint density at radius 1 is 1.35 bits per heavy atom. The van der Waals surface area contributed by atoms with Crippen molar-refractivity contribution in [3.8, 4) is 0 Å². The molecule has 0 aromatic carbocycles. The van der Waals surface area contributed by atoms with E-state index in [2.05, 4.69) is 37.9 Å². The van der Waals surface area contributed by atoms with Gasteiger partial charge >= 0.3 is 0 Å². The quantitative estimate of drug-likeness (QED) is 0.773. The fourth-order valence-corrected chi connectivity index (χ4v) is 2.33. The Morgan fingerprint density at radius 3 is 2.76 bits per heavy atom. The first-order chi connectivity index (χ1) is 8.13. The Kier molecular flexibility index (Phi) is 7.09. The van der Waals surface area contributed by atoms with Crippen LogP contribution in [0.1, 0.15) is 47.0 Å². The third-order valence-electron chi connectivity index (χ3n) is 3.57. The lowest BCUT2D eigenvalue weighted by atomic mass is 10.1. The van der Waals surface area contributed by atoms with Crippen LogP contribution in [0.15, 0.2) is 0 Å². The Labute approximate surface area is 107 Å². The average Bonchev–Trinajstić information content (AvgIpc) is 2.53. The molecule has 0 saturated carbocycles. The molecule has 0 aliphatic carbocycles. The first-order valence-corrected chi connectivity index (χ1v) is 7.22. The standard InChI is InChI=1S/C14H30N2O/c1-5-14-11-16(9-6-10-17-14)13(4)7-8-15-12(2)3/h12-15H,5-11H2,1-4H3. The minimum atomic E-state index is 0.443. The van der Waals surface area contributed by atoms with Gasteiger partial charge in [-0.15, -0.1) is 0 Å². The Morgan fingerprint density at radius 2 is 2.12 bits per heavy atom. The van der Waals surface area contributed by atoms with Gasteiger partial charge in [0.25, 0.3) is 0 Å². The molecule has 2 unspecified atom stereocenters. The molecular weight excluding hydrogens is 212 g/mol. The number of hydrogen-bond acceptors (Lipinski definition) is 3. The molecule has 2 atom stereocenters. The van der Waals surface area contributed by atoms with E-state index < -0.39 is 0 Å². The molecule has 3 heteroatoms. The van der Waals surface area contributed by atoms with Gasteiger partial charge in [0.05, 0.1) is 6.10 Å². The van der Waals surface area contributed by atoms with Gasteiger partial charge in [-0.2, -0.15) is 0 Å². The molecule has 0 bridgehead atoms. The fourth-order valence-electron chi connectivity index (χ4n) is 2.33. The Balaban J connectivity index is 2.30. The lowest BCUT2D eigenvalue weighted by Gasteiger charge is -2.29. The van der Waals surface area contributed by atoms with Gasteiger partial charge in [0.1, 0.15) is 0 Å². The van der Waals surface area contributed by atoms with Crippen LogP contribution in [-0.4, -0.2) is 49.3 Å². The van der Waals surface area contributed by atoms with E-state index in [0.717, 1.165) is 26.1 Å². The molecule has 0 radical (unpaired) electrons. The van der Waals surface area contributed by atoms with Crippen LogP contribution in [0.5, 0.6) is 0 Å². The third-order valence-corrected chi connectivity index (χ3v) is 3.57. The summed E-state index contributed by atoms with van der Waals surface area (Å²) < 4.78 is 5.82. The second-order valence-corrected chi connectivity index (χ2v) is 5.50. The maximum absolute atomic E-state index is 5.82. The van der Waals surface area contributed by atoms with Crippen molar-refractivity contribution in [3.05, 3.63) is 0 Å². The highest BCUT2D eigenvalue weighted by molar-refractivity contribution is 4.75. The summed E-state index contributed by atoms with van der Waals surface area (Å²) in [6.07, 6.45) is 3.98. The predicted octanol–water partition coefficient (Wildman–Crippen LogP) is 2.26. The van der Waals surface area contributed by atoms with Gasteiger partial charge < -0.3 is 10.1 Å². The predicted molar refractivity (Wildman–Crippen MR) is 73.4 cm³/mol. The highest BCUT2D eigenvalue weighted by atomic mass is 16.5. The van der Waals surface area contributed by atoms with E-state index in [1.54, 1.807) is 0 Å². The topological polar surface area (TPSA) is 24.5 Å². The molecule has 17 heavy (non-hydrogen) atoms. The minimum absolute atomic E-state index is 0.443. The fraction of sp³-hybridized carbons (Fsp3) is 1.00. The summed E-state index contributed by atoms with van der Waals surface area (Å²) in [5, 5.41) is 3.50. The van der Waals surface area contributed by atoms with E-state index in [1.807, 2.05) is 0 Å². The van der Waals surface area contributed by atoms with Gasteiger partial charge in [-0.1, -0.05) is 20.8 Å². The summed E-state index contributed by atoms with van der Waals surface area (Å²) in [5.41, 5.74) is 0. The monoisotopic (exact) mass is 242 g/mol. The van der Waals surface area contributed by atoms with Crippen LogP contribution in [0.25, 0.3) is 0 Å². The molecule has 1 heterocycles. The molecule has 0 amide bonds. The Hall–Kier alpha value is -0.120. The molecule has 0 spiro atoms. The smallest absolute Gasteiger partial charge is 0.0699 e. The van der Waals surface area contributed by atoms with E-state index >= 15 is 0 Å². The normalized spacial score (nSPS) is 24.9. The van der Waals surface area contributed by atoms with Crippen molar-refractivity contribution in [2.75, 3.05) is 26.2 Å². The van der Waals surface area contributed by atoms with E-state index in [-0.39, 0.29) is 0 Å². The number of hydrogen-bond donors (Lipinski definition) is 1. The molecule has 102 valence electrons. The molecule has 1 aliphatic rings. The van der Waals surface area contributed by atoms with Crippen molar-refractivity contribution in [1.82, 2.24) is 10.2 Å². The molecule has 0 aromatic heterocycles. The highest BCUT2D eigenvalue weighted by Gasteiger charge is 2.20. The second-order valence-electron chi connectivity index (χ2n) is 5.50. The molecule has 3 nitrogen and oxygen atoms in total. The van der Waals surface area contributed by atoms with E-state index in [0.29, 0.717) is 18.2 Å². The highest BCUT2D eigenvalue weighted by Crippen LogP contribution is 2.13. The molecular formula is C14H30N2O. The molecule has 1 N–H and O–H groups in total. The van der Waals surface area contributed by atoms with Crippen molar-refractivity contribution >= 4 is 0 Å². The summed E-state index contributed by atoms with van der Waals surface area (Å²) in [5.74, 6) is 0. The molecule has 1 saturated heterocycles. The number of ether oxygens (including phenoxy) is 1. The van der Waals surface area contributed by atoms with Crippen molar-refractivity contribution in [1.29, 1.82) is 0 Å². The first-order valence-electron chi connectivity index (χ1n) is 7.22. The third kappa shape index (κ3) is 5.84. The number of nitrogens with one attached hydrogen (secondary N) is 1. The SMILES string of the molecule is CCC1CN(C(C)CCNC(C)C)CCCO1. The van der Waals surface area contributed by atoms with Crippen molar-refractivity contribution in [2.45, 2.75) is 65.1 Å². The average molecular weight is 242 g/mol. The molecule has 0 aromatic rings. The zero-order valence-electron chi connectivity index (χ0n) is 12.0. The molecule has 1 fully saturated rings. The van der Waals surface area contributed by atoms with Gasteiger partial charge in [-0.3, -0.25) is 4.90 Å². The van der Waals surface area contributed by atoms with Crippen LogP contribution in [0, 0.1) is 0 Å². The molecule has 1 rings (SSSR count). The van der Waals surface area contributed by atoms with Gasteiger partial charge in [-0.05, 0) is 32.7 Å². The minimum Gasteiger partial charge on any atom is -0.377 e.